The summed E-state index contributed by atoms with van der Waals surface area (Å²) >= 11 is 3.21. The molecule has 0 aliphatic carbocycles. The van der Waals surface area contributed by atoms with Crippen molar-refractivity contribution in [2.75, 3.05) is 11.6 Å². The molecule has 0 spiro atoms. The number of benzene rings is 1. The molecule has 0 unspecified atom stereocenters. The molecule has 1 aromatic carbocycles. The fourth-order valence-corrected chi connectivity index (χ4v) is 3.36. The van der Waals surface area contributed by atoms with Crippen molar-refractivity contribution in [3.8, 4) is 0 Å². The molecule has 4 N–H and O–H groups in total. The quantitative estimate of drug-likeness (QED) is 0.451. The highest BCUT2D eigenvalue weighted by Gasteiger charge is 2.10. The van der Waals surface area contributed by atoms with Crippen molar-refractivity contribution in [3.63, 3.8) is 0 Å². The normalized spacial score (nSPS) is 10.5. The van der Waals surface area contributed by atoms with E-state index < -0.39 is 0 Å². The zero-order chi connectivity index (χ0) is 14.0. The van der Waals surface area contributed by atoms with Crippen LogP contribution >= 0.6 is 23.1 Å². The standard InChI is InChI=1S/C14H17N3S2/c1-8-4-5-10(6-9(8)2)17-11-7-12(13(15)16)19-14(11)18-3/h4-7,17H,1-3H3,(H3,15,16). The first-order valence-corrected chi connectivity index (χ1v) is 7.92. The Kier molecular flexibility index (Phi) is 4.17. The van der Waals surface area contributed by atoms with E-state index in [1.165, 1.54) is 11.1 Å². The molecule has 0 saturated carbocycles. The average molecular weight is 291 g/mol. The molecule has 3 nitrogen and oxygen atoms in total. The van der Waals surface area contributed by atoms with Crippen LogP contribution in [-0.2, 0) is 0 Å². The third kappa shape index (κ3) is 3.11. The number of nitrogen functional groups attached to an aromatic ring is 1. The molecule has 0 saturated heterocycles. The molecule has 1 aromatic heterocycles. The third-order valence-electron chi connectivity index (χ3n) is 2.93. The van der Waals surface area contributed by atoms with Gasteiger partial charge in [-0.1, -0.05) is 6.07 Å². The van der Waals surface area contributed by atoms with Gasteiger partial charge in [-0.05, 0) is 49.4 Å². The van der Waals surface area contributed by atoms with Crippen LogP contribution < -0.4 is 11.1 Å². The maximum Gasteiger partial charge on any atom is 0.133 e. The fraction of sp³-hybridized carbons (Fsp3) is 0.214. The minimum Gasteiger partial charge on any atom is -0.383 e. The van der Waals surface area contributed by atoms with E-state index in [4.69, 9.17) is 11.1 Å². The fourth-order valence-electron chi connectivity index (χ4n) is 1.72. The Bertz CT molecular complexity index is 617. The Balaban J connectivity index is 2.31. The zero-order valence-electron chi connectivity index (χ0n) is 11.2. The van der Waals surface area contributed by atoms with Crippen LogP contribution in [0.3, 0.4) is 0 Å². The summed E-state index contributed by atoms with van der Waals surface area (Å²) in [6.45, 7) is 4.20. The first-order chi connectivity index (χ1) is 9.01. The van der Waals surface area contributed by atoms with Gasteiger partial charge in [0, 0.05) is 5.69 Å². The van der Waals surface area contributed by atoms with Gasteiger partial charge >= 0.3 is 0 Å². The number of nitrogens with two attached hydrogens (primary N) is 1. The molecular formula is C14H17N3S2. The molecule has 5 heteroatoms. The minimum atomic E-state index is 0.119. The summed E-state index contributed by atoms with van der Waals surface area (Å²) in [6, 6.07) is 8.24. The Morgan fingerprint density at radius 3 is 2.58 bits per heavy atom. The van der Waals surface area contributed by atoms with Crippen LogP contribution in [0.2, 0.25) is 0 Å². The van der Waals surface area contributed by atoms with E-state index in [2.05, 4.69) is 37.4 Å². The minimum absolute atomic E-state index is 0.119. The Morgan fingerprint density at radius 2 is 2.00 bits per heavy atom. The largest absolute Gasteiger partial charge is 0.383 e. The highest BCUT2D eigenvalue weighted by atomic mass is 32.2. The Morgan fingerprint density at radius 1 is 1.26 bits per heavy atom. The van der Waals surface area contributed by atoms with Gasteiger partial charge in [0.15, 0.2) is 0 Å². The van der Waals surface area contributed by atoms with Gasteiger partial charge in [-0.15, -0.1) is 23.1 Å². The average Bonchev–Trinajstić information content (AvgIpc) is 2.77. The lowest BCUT2D eigenvalue weighted by molar-refractivity contribution is 1.33. The third-order valence-corrected chi connectivity index (χ3v) is 5.24. The number of amidine groups is 1. The molecule has 0 atom stereocenters. The molecule has 0 fully saturated rings. The Hall–Kier alpha value is -1.46. The molecule has 1 heterocycles. The van der Waals surface area contributed by atoms with Crippen molar-refractivity contribution in [2.45, 2.75) is 18.1 Å². The zero-order valence-corrected chi connectivity index (χ0v) is 12.8. The van der Waals surface area contributed by atoms with Gasteiger partial charge in [-0.2, -0.15) is 0 Å². The van der Waals surface area contributed by atoms with Crippen LogP contribution in [0.4, 0.5) is 11.4 Å². The lowest BCUT2D eigenvalue weighted by Gasteiger charge is -2.08. The SMILES string of the molecule is CSc1sc(C(=N)N)cc1Nc1ccc(C)c(C)c1. The van der Waals surface area contributed by atoms with E-state index in [0.717, 1.165) is 20.5 Å². The molecule has 0 aliphatic rings. The van der Waals surface area contributed by atoms with Crippen LogP contribution in [0.15, 0.2) is 28.5 Å². The molecule has 2 rings (SSSR count). The van der Waals surface area contributed by atoms with E-state index in [1.807, 2.05) is 12.3 Å². The number of thiophene rings is 1. The second kappa shape index (κ2) is 5.67. The van der Waals surface area contributed by atoms with Crippen molar-refractivity contribution in [1.29, 1.82) is 5.41 Å². The molecule has 0 aliphatic heterocycles. The summed E-state index contributed by atoms with van der Waals surface area (Å²) in [5.74, 6) is 0.119. The highest BCUT2D eigenvalue weighted by molar-refractivity contribution is 8.00. The van der Waals surface area contributed by atoms with Crippen molar-refractivity contribution < 1.29 is 0 Å². The summed E-state index contributed by atoms with van der Waals surface area (Å²) in [5.41, 5.74) is 10.2. The summed E-state index contributed by atoms with van der Waals surface area (Å²) in [4.78, 5) is 0.802. The van der Waals surface area contributed by atoms with E-state index >= 15 is 0 Å². The lowest BCUT2D eigenvalue weighted by Crippen LogP contribution is -2.08. The number of rotatable bonds is 4. The van der Waals surface area contributed by atoms with Crippen molar-refractivity contribution in [2.24, 2.45) is 5.73 Å². The smallest absolute Gasteiger partial charge is 0.133 e. The van der Waals surface area contributed by atoms with Crippen LogP contribution in [0, 0.1) is 19.3 Å². The first kappa shape index (κ1) is 14.0. The second-order valence-electron chi connectivity index (χ2n) is 4.35. The monoisotopic (exact) mass is 291 g/mol. The van der Waals surface area contributed by atoms with Crippen LogP contribution in [0.1, 0.15) is 16.0 Å². The van der Waals surface area contributed by atoms with Crippen molar-refractivity contribution >= 4 is 40.3 Å². The molecule has 0 radical (unpaired) electrons. The molecule has 2 aromatic rings. The summed E-state index contributed by atoms with van der Waals surface area (Å²) in [5, 5.41) is 10.9. The number of aryl methyl sites for hydroxylation is 2. The summed E-state index contributed by atoms with van der Waals surface area (Å²) in [7, 11) is 0. The van der Waals surface area contributed by atoms with Gasteiger partial charge in [0.05, 0.1) is 14.8 Å². The molecule has 100 valence electrons. The number of thioether (sulfide) groups is 1. The predicted molar refractivity (Wildman–Crippen MR) is 86.3 cm³/mol. The van der Waals surface area contributed by atoms with Gasteiger partial charge < -0.3 is 11.1 Å². The lowest BCUT2D eigenvalue weighted by atomic mass is 10.1. The molecule has 19 heavy (non-hydrogen) atoms. The van der Waals surface area contributed by atoms with E-state index in [0.29, 0.717) is 0 Å². The van der Waals surface area contributed by atoms with Gasteiger partial charge in [0.25, 0.3) is 0 Å². The van der Waals surface area contributed by atoms with Gasteiger partial charge in [0.1, 0.15) is 5.84 Å². The van der Waals surface area contributed by atoms with Crippen molar-refractivity contribution in [3.05, 3.63) is 40.3 Å². The van der Waals surface area contributed by atoms with Crippen LogP contribution in [0.5, 0.6) is 0 Å². The summed E-state index contributed by atoms with van der Waals surface area (Å²) in [6.07, 6.45) is 2.03. The van der Waals surface area contributed by atoms with Crippen LogP contribution in [0.25, 0.3) is 0 Å². The van der Waals surface area contributed by atoms with Crippen molar-refractivity contribution in [1.82, 2.24) is 0 Å². The van der Waals surface area contributed by atoms with Gasteiger partial charge in [-0.3, -0.25) is 5.41 Å². The Labute approximate surface area is 121 Å². The van der Waals surface area contributed by atoms with Crippen LogP contribution in [-0.4, -0.2) is 12.1 Å². The molecular weight excluding hydrogens is 274 g/mol. The number of nitrogens with one attached hydrogen (secondary N) is 2. The maximum absolute atomic E-state index is 7.51. The van der Waals surface area contributed by atoms with E-state index in [-0.39, 0.29) is 5.84 Å². The van der Waals surface area contributed by atoms with E-state index in [9.17, 15) is 0 Å². The number of anilines is 2. The van der Waals surface area contributed by atoms with Gasteiger partial charge in [-0.25, -0.2) is 0 Å². The highest BCUT2D eigenvalue weighted by Crippen LogP contribution is 2.36. The maximum atomic E-state index is 7.51. The number of hydrogen-bond acceptors (Lipinski definition) is 4. The summed E-state index contributed by atoms with van der Waals surface area (Å²) < 4.78 is 1.14. The topological polar surface area (TPSA) is 61.9 Å². The predicted octanol–water partition coefficient (Wildman–Crippen LogP) is 4.11. The first-order valence-electron chi connectivity index (χ1n) is 5.87. The molecule has 0 amide bonds. The molecule has 0 bridgehead atoms. The van der Waals surface area contributed by atoms with E-state index in [1.54, 1.807) is 23.1 Å². The second-order valence-corrected chi connectivity index (χ2v) is 6.48. The van der Waals surface area contributed by atoms with Gasteiger partial charge in [0.2, 0.25) is 0 Å². The number of hydrogen-bond donors (Lipinski definition) is 3.